The first-order valence-electron chi connectivity index (χ1n) is 8.19. The number of carbonyl (C=O) groups excluding carboxylic acids is 1. The van der Waals surface area contributed by atoms with Gasteiger partial charge in [-0.1, -0.05) is 41.9 Å². The Bertz CT molecular complexity index is 1130. The van der Waals surface area contributed by atoms with E-state index >= 15 is 0 Å². The van der Waals surface area contributed by atoms with Crippen molar-refractivity contribution < 1.29 is 17.6 Å². The third-order valence-corrected chi connectivity index (χ3v) is 5.41. The van der Waals surface area contributed by atoms with E-state index in [9.17, 15) is 17.6 Å². The summed E-state index contributed by atoms with van der Waals surface area (Å²) in [5.74, 6) is -0.901. The number of hydrogen-bond acceptors (Lipinski definition) is 3. The molecule has 3 rings (SSSR count). The molecule has 3 aromatic carbocycles. The fourth-order valence-corrected chi connectivity index (χ4v) is 3.63. The topological polar surface area (TPSA) is 63.2 Å². The molecule has 1 amide bonds. The van der Waals surface area contributed by atoms with Crippen LogP contribution in [0.2, 0.25) is 5.02 Å². The van der Waals surface area contributed by atoms with E-state index in [1.807, 2.05) is 24.3 Å². The lowest BCUT2D eigenvalue weighted by atomic mass is 9.94. The van der Waals surface area contributed by atoms with Crippen LogP contribution >= 0.6 is 11.6 Å². The molecule has 0 saturated carbocycles. The van der Waals surface area contributed by atoms with E-state index in [2.05, 4.69) is 5.32 Å². The molecule has 1 N–H and O–H groups in total. The summed E-state index contributed by atoms with van der Waals surface area (Å²) in [7, 11) is -3.16. The van der Waals surface area contributed by atoms with E-state index in [0.29, 0.717) is 16.5 Å². The molecule has 0 aliphatic rings. The number of carbonyl (C=O) groups is 1. The number of halogens is 2. The third kappa shape index (κ3) is 4.46. The maximum absolute atomic E-state index is 13.4. The van der Waals surface area contributed by atoms with Crippen molar-refractivity contribution >= 4 is 38.1 Å². The second kappa shape index (κ2) is 7.66. The zero-order chi connectivity index (χ0) is 19.6. The number of benzene rings is 3. The lowest BCUT2D eigenvalue weighted by molar-refractivity contribution is 0.0958. The predicted octanol–water partition coefficient (Wildman–Crippen LogP) is 4.07. The maximum atomic E-state index is 13.4. The molecule has 27 heavy (non-hydrogen) atoms. The molecule has 0 fully saturated rings. The van der Waals surface area contributed by atoms with Crippen LogP contribution < -0.4 is 5.32 Å². The smallest absolute Gasteiger partial charge is 0.251 e. The summed E-state index contributed by atoms with van der Waals surface area (Å²) in [5, 5.41) is 4.41. The van der Waals surface area contributed by atoms with Crippen molar-refractivity contribution in [3.63, 3.8) is 0 Å². The van der Waals surface area contributed by atoms with Gasteiger partial charge in [-0.2, -0.15) is 0 Å². The first-order valence-corrected chi connectivity index (χ1v) is 10.6. The molecule has 0 spiro atoms. The van der Waals surface area contributed by atoms with Crippen LogP contribution in [0.5, 0.6) is 0 Å². The number of sulfone groups is 1. The van der Waals surface area contributed by atoms with Gasteiger partial charge in [-0.3, -0.25) is 4.79 Å². The van der Waals surface area contributed by atoms with Gasteiger partial charge in [0.15, 0.2) is 0 Å². The van der Waals surface area contributed by atoms with Gasteiger partial charge in [-0.05, 0) is 40.6 Å². The predicted molar refractivity (Wildman–Crippen MR) is 106 cm³/mol. The Labute approximate surface area is 161 Å². The Kier molecular flexibility index (Phi) is 5.48. The summed E-state index contributed by atoms with van der Waals surface area (Å²) in [4.78, 5) is 12.5. The molecular weight excluding hydrogens is 389 g/mol. The molecule has 7 heteroatoms. The van der Waals surface area contributed by atoms with Crippen LogP contribution in [0.3, 0.4) is 0 Å². The van der Waals surface area contributed by atoms with Gasteiger partial charge in [-0.25, -0.2) is 12.8 Å². The van der Waals surface area contributed by atoms with Crippen LogP contribution in [0.4, 0.5) is 4.39 Å². The first kappa shape index (κ1) is 19.3. The lowest BCUT2D eigenvalue weighted by Gasteiger charge is -2.13. The molecule has 0 saturated heterocycles. The van der Waals surface area contributed by atoms with Crippen molar-refractivity contribution in [2.45, 2.75) is 0 Å². The van der Waals surface area contributed by atoms with Crippen molar-refractivity contribution in [1.82, 2.24) is 5.32 Å². The van der Waals surface area contributed by atoms with E-state index in [-0.39, 0.29) is 23.2 Å². The van der Waals surface area contributed by atoms with Crippen LogP contribution in [-0.2, 0) is 9.84 Å². The highest BCUT2D eigenvalue weighted by Crippen LogP contribution is 2.35. The molecule has 0 radical (unpaired) electrons. The maximum Gasteiger partial charge on any atom is 0.251 e. The summed E-state index contributed by atoms with van der Waals surface area (Å²) in [6.45, 7) is 0.0392. The third-order valence-electron chi connectivity index (χ3n) is 4.15. The zero-order valence-electron chi connectivity index (χ0n) is 14.5. The Balaban J connectivity index is 2.02. The van der Waals surface area contributed by atoms with Crippen molar-refractivity contribution in [2.75, 3.05) is 18.6 Å². The molecule has 0 unspecified atom stereocenters. The van der Waals surface area contributed by atoms with Crippen LogP contribution in [0.1, 0.15) is 10.4 Å². The fraction of sp³-hybridized carbons (Fsp3) is 0.150. The van der Waals surface area contributed by atoms with E-state index < -0.39 is 15.7 Å². The fourth-order valence-electron chi connectivity index (χ4n) is 2.89. The Morgan fingerprint density at radius 1 is 1.04 bits per heavy atom. The van der Waals surface area contributed by atoms with Gasteiger partial charge in [0.2, 0.25) is 0 Å². The highest BCUT2D eigenvalue weighted by molar-refractivity contribution is 7.90. The molecule has 0 bridgehead atoms. The van der Waals surface area contributed by atoms with E-state index in [4.69, 9.17) is 11.6 Å². The Morgan fingerprint density at radius 3 is 2.37 bits per heavy atom. The van der Waals surface area contributed by atoms with Crippen LogP contribution in [0, 0.1) is 5.82 Å². The van der Waals surface area contributed by atoms with E-state index in [1.165, 1.54) is 12.1 Å². The highest BCUT2D eigenvalue weighted by Gasteiger charge is 2.15. The first-order chi connectivity index (χ1) is 12.8. The second-order valence-corrected chi connectivity index (χ2v) is 8.88. The highest BCUT2D eigenvalue weighted by atomic mass is 35.5. The number of fused-ring (bicyclic) bond motifs is 1. The molecular formula is C20H17ClFNO3S. The molecule has 0 aliphatic carbocycles. The molecule has 3 aromatic rings. The monoisotopic (exact) mass is 405 g/mol. The van der Waals surface area contributed by atoms with Crippen LogP contribution in [0.25, 0.3) is 21.9 Å². The number of nitrogens with one attached hydrogen (secondary N) is 1. The largest absolute Gasteiger partial charge is 0.351 e. The van der Waals surface area contributed by atoms with Gasteiger partial charge in [0.25, 0.3) is 5.91 Å². The van der Waals surface area contributed by atoms with Crippen molar-refractivity contribution in [3.8, 4) is 11.1 Å². The number of rotatable bonds is 5. The average Bonchev–Trinajstić information content (AvgIpc) is 2.60. The summed E-state index contributed by atoms with van der Waals surface area (Å²) in [6, 6.07) is 14.9. The normalized spacial score (nSPS) is 11.5. The molecule has 0 atom stereocenters. The number of amides is 1. The number of hydrogen-bond donors (Lipinski definition) is 1. The van der Waals surface area contributed by atoms with Gasteiger partial charge >= 0.3 is 0 Å². The Morgan fingerprint density at radius 2 is 1.70 bits per heavy atom. The molecule has 0 aliphatic heterocycles. The average molecular weight is 406 g/mol. The summed E-state index contributed by atoms with van der Waals surface area (Å²) in [5.41, 5.74) is 1.88. The Hall–Kier alpha value is -2.44. The SMILES string of the molecule is CS(=O)(=O)CCNC(=O)c1ccc(-c2ccc(F)cc2Cl)c2ccccc12. The second-order valence-electron chi connectivity index (χ2n) is 6.22. The summed E-state index contributed by atoms with van der Waals surface area (Å²) < 4.78 is 35.8. The zero-order valence-corrected chi connectivity index (χ0v) is 16.1. The van der Waals surface area contributed by atoms with Crippen molar-refractivity contribution in [3.05, 3.63) is 71.0 Å². The van der Waals surface area contributed by atoms with Gasteiger partial charge in [-0.15, -0.1) is 0 Å². The van der Waals surface area contributed by atoms with Crippen LogP contribution in [0.15, 0.2) is 54.6 Å². The van der Waals surface area contributed by atoms with Crippen molar-refractivity contribution in [1.29, 1.82) is 0 Å². The minimum Gasteiger partial charge on any atom is -0.351 e. The van der Waals surface area contributed by atoms with Crippen molar-refractivity contribution in [2.24, 2.45) is 0 Å². The van der Waals surface area contributed by atoms with E-state index in [1.54, 1.807) is 18.2 Å². The molecule has 4 nitrogen and oxygen atoms in total. The molecule has 0 heterocycles. The lowest BCUT2D eigenvalue weighted by Crippen LogP contribution is -2.28. The van der Waals surface area contributed by atoms with Gasteiger partial charge in [0, 0.05) is 23.9 Å². The quantitative estimate of drug-likeness (QED) is 0.695. The van der Waals surface area contributed by atoms with Crippen LogP contribution in [-0.4, -0.2) is 32.9 Å². The van der Waals surface area contributed by atoms with Gasteiger partial charge in [0.1, 0.15) is 15.7 Å². The summed E-state index contributed by atoms with van der Waals surface area (Å²) in [6.07, 6.45) is 1.12. The minimum absolute atomic E-state index is 0.0392. The van der Waals surface area contributed by atoms with Gasteiger partial charge in [0.05, 0.1) is 10.8 Å². The molecule has 0 aromatic heterocycles. The standard InChI is InChI=1S/C20H17ClFNO3S/c1-27(25,26)11-10-23-20(24)18-9-8-16(14-4-2-3-5-15(14)18)17-7-6-13(22)12-19(17)21/h2-9,12H,10-11H2,1H3,(H,23,24). The van der Waals surface area contributed by atoms with E-state index in [0.717, 1.165) is 17.2 Å². The van der Waals surface area contributed by atoms with Gasteiger partial charge < -0.3 is 5.32 Å². The minimum atomic E-state index is -3.16. The summed E-state index contributed by atoms with van der Waals surface area (Å²) >= 11 is 6.20. The molecule has 140 valence electrons.